The summed E-state index contributed by atoms with van der Waals surface area (Å²) in [7, 11) is 0. The smallest absolute Gasteiger partial charge is 0.248 e. The Morgan fingerprint density at radius 2 is 2.00 bits per heavy atom. The van der Waals surface area contributed by atoms with Crippen LogP contribution in [-0.2, 0) is 9.59 Å². The lowest BCUT2D eigenvalue weighted by Crippen LogP contribution is -2.40. The van der Waals surface area contributed by atoms with E-state index >= 15 is 0 Å². The third-order valence-electron chi connectivity index (χ3n) is 2.23. The lowest BCUT2D eigenvalue weighted by Gasteiger charge is -2.09. The zero-order chi connectivity index (χ0) is 14.3. The molecule has 0 saturated heterocycles. The van der Waals surface area contributed by atoms with Crippen LogP contribution >= 0.6 is 0 Å². The number of primary amides is 1. The molecule has 7 heteroatoms. The van der Waals surface area contributed by atoms with Gasteiger partial charge in [-0.3, -0.25) is 9.59 Å². The van der Waals surface area contributed by atoms with E-state index in [2.05, 4.69) is 5.32 Å². The fourth-order valence-electron chi connectivity index (χ4n) is 1.19. The molecule has 0 aliphatic heterocycles. The summed E-state index contributed by atoms with van der Waals surface area (Å²) in [5.74, 6) is -1.21. The largest absolute Gasteiger partial charge is 0.493 e. The maximum absolute atomic E-state index is 12.6. The van der Waals surface area contributed by atoms with Gasteiger partial charge in [0, 0.05) is 0 Å². The van der Waals surface area contributed by atoms with Gasteiger partial charge >= 0.3 is 0 Å². The summed E-state index contributed by atoms with van der Waals surface area (Å²) in [6.45, 7) is -0.130. The minimum atomic E-state index is -1.40. The van der Waals surface area contributed by atoms with Gasteiger partial charge in [-0.15, -0.1) is 0 Å². The Balaban J connectivity index is 2.20. The number of nitrogens with two attached hydrogens (primary N) is 1. The van der Waals surface area contributed by atoms with Crippen LogP contribution in [0.4, 0.5) is 4.39 Å². The van der Waals surface area contributed by atoms with Crippen molar-refractivity contribution in [1.82, 2.24) is 5.32 Å². The molecule has 0 saturated carbocycles. The highest BCUT2D eigenvalue weighted by Gasteiger charge is 2.11. The molecular weight excluding hydrogens is 255 g/mol. The maximum Gasteiger partial charge on any atom is 0.248 e. The number of halogens is 1. The van der Waals surface area contributed by atoms with Crippen molar-refractivity contribution in [3.63, 3.8) is 0 Å². The van der Waals surface area contributed by atoms with E-state index < -0.39 is 12.0 Å². The Labute approximate surface area is 109 Å². The number of benzene rings is 1. The Morgan fingerprint density at radius 3 is 2.58 bits per heavy atom. The summed E-state index contributed by atoms with van der Waals surface area (Å²) in [4.78, 5) is 21.8. The van der Waals surface area contributed by atoms with Crippen molar-refractivity contribution >= 4 is 11.8 Å². The first-order valence-corrected chi connectivity index (χ1v) is 5.61. The molecule has 0 aromatic heterocycles. The quantitative estimate of drug-likeness (QED) is 0.625. The van der Waals surface area contributed by atoms with Gasteiger partial charge in [0.15, 0.2) is 0 Å². The molecule has 0 bridgehead atoms. The summed E-state index contributed by atoms with van der Waals surface area (Å²) in [5.41, 5.74) is 4.81. The molecule has 0 radical (unpaired) electrons. The lowest BCUT2D eigenvalue weighted by molar-refractivity contribution is -0.127. The molecule has 1 aromatic rings. The SMILES string of the molecule is NC(=O)C(O)CNC(=O)CCOc1ccc(F)cc1. The zero-order valence-corrected chi connectivity index (χ0v) is 10.1. The van der Waals surface area contributed by atoms with Gasteiger partial charge in [0.25, 0.3) is 0 Å². The second-order valence-electron chi connectivity index (χ2n) is 3.77. The third-order valence-corrected chi connectivity index (χ3v) is 2.23. The van der Waals surface area contributed by atoms with Gasteiger partial charge in [0.1, 0.15) is 17.7 Å². The van der Waals surface area contributed by atoms with Crippen LogP contribution in [0.25, 0.3) is 0 Å². The first-order valence-electron chi connectivity index (χ1n) is 5.61. The second-order valence-corrected chi connectivity index (χ2v) is 3.77. The van der Waals surface area contributed by atoms with Gasteiger partial charge in [0.05, 0.1) is 19.6 Å². The van der Waals surface area contributed by atoms with Crippen LogP contribution in [0.3, 0.4) is 0 Å². The van der Waals surface area contributed by atoms with E-state index in [1.165, 1.54) is 24.3 Å². The third kappa shape index (κ3) is 5.82. The van der Waals surface area contributed by atoms with Gasteiger partial charge in [-0.2, -0.15) is 0 Å². The van der Waals surface area contributed by atoms with Crippen molar-refractivity contribution in [2.24, 2.45) is 5.73 Å². The molecule has 19 heavy (non-hydrogen) atoms. The number of hydrogen-bond acceptors (Lipinski definition) is 4. The predicted octanol–water partition coefficient (Wildman–Crippen LogP) is -0.443. The fraction of sp³-hybridized carbons (Fsp3) is 0.333. The minimum absolute atomic E-state index is 0.0445. The predicted molar refractivity (Wildman–Crippen MR) is 64.7 cm³/mol. The standard InChI is InChI=1S/C12H15FN2O4/c13-8-1-3-9(4-2-8)19-6-5-11(17)15-7-10(16)12(14)18/h1-4,10,16H,5-7H2,(H2,14,18)(H,15,17). The van der Waals surface area contributed by atoms with Crippen molar-refractivity contribution in [1.29, 1.82) is 0 Å². The van der Waals surface area contributed by atoms with Gasteiger partial charge in [0.2, 0.25) is 11.8 Å². The molecule has 104 valence electrons. The van der Waals surface area contributed by atoms with Crippen LogP contribution < -0.4 is 15.8 Å². The van der Waals surface area contributed by atoms with Crippen molar-refractivity contribution in [3.8, 4) is 5.75 Å². The van der Waals surface area contributed by atoms with E-state index in [9.17, 15) is 14.0 Å². The van der Waals surface area contributed by atoms with E-state index in [0.29, 0.717) is 5.75 Å². The molecule has 1 aromatic carbocycles. The highest BCUT2D eigenvalue weighted by atomic mass is 19.1. The molecule has 0 aliphatic carbocycles. The monoisotopic (exact) mass is 270 g/mol. The summed E-state index contributed by atoms with van der Waals surface area (Å²) in [5, 5.41) is 11.4. The summed E-state index contributed by atoms with van der Waals surface area (Å²) >= 11 is 0. The molecule has 4 N–H and O–H groups in total. The molecular formula is C12H15FN2O4. The van der Waals surface area contributed by atoms with Crippen LogP contribution in [0.1, 0.15) is 6.42 Å². The normalized spacial score (nSPS) is 11.7. The van der Waals surface area contributed by atoms with Crippen LogP contribution in [0.5, 0.6) is 5.75 Å². The molecule has 1 rings (SSSR count). The number of carbonyl (C=O) groups excluding carboxylic acids is 2. The second kappa shape index (κ2) is 7.32. The number of aliphatic hydroxyl groups excluding tert-OH is 1. The van der Waals surface area contributed by atoms with Gasteiger partial charge in [-0.25, -0.2) is 4.39 Å². The van der Waals surface area contributed by atoms with E-state index in [-0.39, 0.29) is 31.3 Å². The fourth-order valence-corrected chi connectivity index (χ4v) is 1.19. The van der Waals surface area contributed by atoms with Gasteiger partial charge in [-0.1, -0.05) is 0 Å². The Bertz CT molecular complexity index is 436. The Kier molecular flexibility index (Phi) is 5.74. The van der Waals surface area contributed by atoms with Crippen molar-refractivity contribution in [2.45, 2.75) is 12.5 Å². The number of hydrogen-bond donors (Lipinski definition) is 3. The number of ether oxygens (including phenoxy) is 1. The maximum atomic E-state index is 12.6. The molecule has 0 spiro atoms. The number of amides is 2. The highest BCUT2D eigenvalue weighted by molar-refractivity contribution is 5.80. The van der Waals surface area contributed by atoms with Crippen LogP contribution in [0, 0.1) is 5.82 Å². The van der Waals surface area contributed by atoms with Crippen LogP contribution in [-0.4, -0.2) is 36.2 Å². The van der Waals surface area contributed by atoms with Crippen LogP contribution in [0.2, 0.25) is 0 Å². The molecule has 1 atom stereocenters. The summed E-state index contributed by atoms with van der Waals surface area (Å²) in [6.07, 6.45) is -1.36. The minimum Gasteiger partial charge on any atom is -0.493 e. The molecule has 0 heterocycles. The first kappa shape index (κ1) is 14.9. The average molecular weight is 270 g/mol. The summed E-state index contributed by atoms with van der Waals surface area (Å²) < 4.78 is 17.8. The number of nitrogens with one attached hydrogen (secondary N) is 1. The first-order chi connectivity index (χ1) is 8.99. The van der Waals surface area contributed by atoms with E-state index in [1.54, 1.807) is 0 Å². The average Bonchev–Trinajstić information content (AvgIpc) is 2.38. The molecule has 0 aliphatic rings. The van der Waals surface area contributed by atoms with Crippen molar-refractivity contribution in [2.75, 3.05) is 13.2 Å². The van der Waals surface area contributed by atoms with Crippen molar-refractivity contribution in [3.05, 3.63) is 30.1 Å². The molecule has 0 fully saturated rings. The topological polar surface area (TPSA) is 102 Å². The number of rotatable bonds is 7. The number of aliphatic hydroxyl groups is 1. The number of carbonyl (C=O) groups is 2. The molecule has 2 amide bonds. The van der Waals surface area contributed by atoms with Crippen LogP contribution in [0.15, 0.2) is 24.3 Å². The summed E-state index contributed by atoms with van der Waals surface area (Å²) in [6, 6.07) is 5.39. The molecule has 6 nitrogen and oxygen atoms in total. The highest BCUT2D eigenvalue weighted by Crippen LogP contribution is 2.10. The van der Waals surface area contributed by atoms with Crippen molar-refractivity contribution < 1.29 is 23.8 Å². The zero-order valence-electron chi connectivity index (χ0n) is 10.1. The Morgan fingerprint density at radius 1 is 1.37 bits per heavy atom. The van der Waals surface area contributed by atoms with E-state index in [4.69, 9.17) is 15.6 Å². The van der Waals surface area contributed by atoms with Gasteiger partial charge in [-0.05, 0) is 24.3 Å². The lowest BCUT2D eigenvalue weighted by atomic mass is 10.3. The Hall–Kier alpha value is -2.15. The van der Waals surface area contributed by atoms with Gasteiger partial charge < -0.3 is 20.9 Å². The molecule has 1 unspecified atom stereocenters. The van der Waals surface area contributed by atoms with E-state index in [1.807, 2.05) is 0 Å². The van der Waals surface area contributed by atoms with E-state index in [0.717, 1.165) is 0 Å².